The Labute approximate surface area is 105 Å². The molecule has 6 heteroatoms. The zero-order chi connectivity index (χ0) is 13.0. The van der Waals surface area contributed by atoms with Crippen molar-refractivity contribution in [3.8, 4) is 0 Å². The lowest BCUT2D eigenvalue weighted by Gasteiger charge is -2.11. The third-order valence-corrected chi connectivity index (χ3v) is 2.50. The fourth-order valence-corrected chi connectivity index (χ4v) is 1.58. The number of H-pyrrole nitrogens is 1. The molecule has 2 rings (SSSR count). The lowest BCUT2D eigenvalue weighted by Crippen LogP contribution is -2.29. The van der Waals surface area contributed by atoms with Gasteiger partial charge in [-0.05, 0) is 19.1 Å². The molecule has 0 fully saturated rings. The molecule has 0 saturated heterocycles. The lowest BCUT2D eigenvalue weighted by molar-refractivity contribution is -0.121. The number of amides is 1. The number of rotatable bonds is 4. The first-order valence-electron chi connectivity index (χ1n) is 5.64. The van der Waals surface area contributed by atoms with Gasteiger partial charge in [0.2, 0.25) is 5.91 Å². The van der Waals surface area contributed by atoms with Crippen molar-refractivity contribution >= 4 is 11.6 Å². The van der Waals surface area contributed by atoms with Gasteiger partial charge in [0.15, 0.2) is 0 Å². The summed E-state index contributed by atoms with van der Waals surface area (Å²) in [6.45, 7) is 1.87. The molecule has 2 heterocycles. The van der Waals surface area contributed by atoms with Crippen molar-refractivity contribution in [3.05, 3.63) is 42.2 Å². The van der Waals surface area contributed by atoms with Crippen LogP contribution in [0.25, 0.3) is 0 Å². The van der Waals surface area contributed by atoms with E-state index in [-0.39, 0.29) is 18.4 Å². The highest BCUT2D eigenvalue weighted by atomic mass is 16.1. The summed E-state index contributed by atoms with van der Waals surface area (Å²) < 4.78 is 0. The first-order valence-corrected chi connectivity index (χ1v) is 5.64. The maximum Gasteiger partial charge on any atom is 0.226 e. The number of anilines is 1. The summed E-state index contributed by atoms with van der Waals surface area (Å²) in [5.41, 5.74) is 6.80. The van der Waals surface area contributed by atoms with Crippen LogP contribution in [-0.2, 0) is 11.2 Å². The van der Waals surface area contributed by atoms with Crippen molar-refractivity contribution in [2.24, 2.45) is 0 Å². The highest BCUT2D eigenvalue weighted by Gasteiger charge is 2.12. The minimum Gasteiger partial charge on any atom is -0.397 e. The van der Waals surface area contributed by atoms with Crippen molar-refractivity contribution in [3.63, 3.8) is 0 Å². The number of nitrogens with one attached hydrogen (secondary N) is 2. The number of hydrogen-bond donors (Lipinski definition) is 3. The maximum absolute atomic E-state index is 11.8. The van der Waals surface area contributed by atoms with E-state index in [1.54, 1.807) is 30.7 Å². The topological polar surface area (TPSA) is 96.7 Å². The Hall–Kier alpha value is -2.37. The summed E-state index contributed by atoms with van der Waals surface area (Å²) in [6.07, 6.45) is 5.14. The molecule has 0 spiro atoms. The van der Waals surface area contributed by atoms with E-state index in [1.807, 2.05) is 6.92 Å². The molecule has 1 amide bonds. The first kappa shape index (κ1) is 12.1. The van der Waals surface area contributed by atoms with E-state index in [1.165, 1.54) is 0 Å². The number of pyridine rings is 1. The Morgan fingerprint density at radius 1 is 1.50 bits per heavy atom. The molecule has 0 aliphatic rings. The molecular formula is C12H15N5O. The summed E-state index contributed by atoms with van der Waals surface area (Å²) in [5.74, 6) is 0.629. The number of hydrogen-bond acceptors (Lipinski definition) is 4. The second kappa shape index (κ2) is 5.31. The lowest BCUT2D eigenvalue weighted by atomic mass is 10.2. The van der Waals surface area contributed by atoms with E-state index in [9.17, 15) is 4.79 Å². The Balaban J connectivity index is 1.91. The number of nitrogens with two attached hydrogens (primary N) is 1. The van der Waals surface area contributed by atoms with E-state index in [0.717, 1.165) is 5.82 Å². The highest BCUT2D eigenvalue weighted by Crippen LogP contribution is 2.06. The highest BCUT2D eigenvalue weighted by molar-refractivity contribution is 5.78. The number of carbonyl (C=O) groups is 1. The number of nitrogen functional groups attached to an aromatic ring is 1. The van der Waals surface area contributed by atoms with Crippen molar-refractivity contribution in [1.29, 1.82) is 0 Å². The molecule has 0 aromatic carbocycles. The van der Waals surface area contributed by atoms with Gasteiger partial charge in [-0.25, -0.2) is 4.98 Å². The van der Waals surface area contributed by atoms with E-state index < -0.39 is 0 Å². The van der Waals surface area contributed by atoms with Crippen molar-refractivity contribution < 1.29 is 4.79 Å². The molecule has 2 aromatic rings. The summed E-state index contributed by atoms with van der Waals surface area (Å²) in [5, 5.41) is 2.84. The van der Waals surface area contributed by atoms with E-state index in [4.69, 9.17) is 5.73 Å². The zero-order valence-corrected chi connectivity index (χ0v) is 10.1. The molecule has 1 atom stereocenters. The molecule has 18 heavy (non-hydrogen) atoms. The fraction of sp³-hybridized carbons (Fsp3) is 0.250. The number of carbonyl (C=O) groups excluding carboxylic acids is 1. The van der Waals surface area contributed by atoms with Crippen LogP contribution in [0.15, 0.2) is 30.7 Å². The van der Waals surface area contributed by atoms with Gasteiger partial charge in [-0.3, -0.25) is 9.78 Å². The average molecular weight is 245 g/mol. The van der Waals surface area contributed by atoms with Crippen LogP contribution in [0.4, 0.5) is 5.69 Å². The third-order valence-electron chi connectivity index (χ3n) is 2.50. The van der Waals surface area contributed by atoms with Crippen LogP contribution in [-0.4, -0.2) is 20.9 Å². The van der Waals surface area contributed by atoms with Gasteiger partial charge in [-0.15, -0.1) is 0 Å². The van der Waals surface area contributed by atoms with Gasteiger partial charge in [0.25, 0.3) is 0 Å². The van der Waals surface area contributed by atoms with E-state index >= 15 is 0 Å². The summed E-state index contributed by atoms with van der Waals surface area (Å²) >= 11 is 0. The molecule has 0 bridgehead atoms. The normalized spacial score (nSPS) is 12.1. The van der Waals surface area contributed by atoms with Crippen LogP contribution in [0.5, 0.6) is 0 Å². The predicted molar refractivity (Wildman–Crippen MR) is 67.5 cm³/mol. The van der Waals surface area contributed by atoms with Gasteiger partial charge in [-0.2, -0.15) is 0 Å². The Morgan fingerprint density at radius 2 is 2.33 bits per heavy atom. The molecule has 6 nitrogen and oxygen atoms in total. The SMILES string of the molecule is CC(NC(=O)Cc1ccc(N)cn1)c1ncc[nH]1. The maximum atomic E-state index is 11.8. The van der Waals surface area contributed by atoms with Gasteiger partial charge >= 0.3 is 0 Å². The van der Waals surface area contributed by atoms with Crippen LogP contribution in [0.2, 0.25) is 0 Å². The number of nitrogens with zero attached hydrogens (tertiary/aromatic N) is 2. The molecule has 0 radical (unpaired) electrons. The van der Waals surface area contributed by atoms with Crippen LogP contribution < -0.4 is 11.1 Å². The molecule has 1 unspecified atom stereocenters. The molecule has 94 valence electrons. The minimum atomic E-state index is -0.152. The fourth-order valence-electron chi connectivity index (χ4n) is 1.58. The van der Waals surface area contributed by atoms with Gasteiger partial charge in [0.1, 0.15) is 5.82 Å². The first-order chi connectivity index (χ1) is 8.65. The molecule has 0 aliphatic heterocycles. The van der Waals surface area contributed by atoms with Crippen molar-refractivity contribution in [2.45, 2.75) is 19.4 Å². The van der Waals surface area contributed by atoms with E-state index in [0.29, 0.717) is 11.4 Å². The van der Waals surface area contributed by atoms with Gasteiger partial charge in [0, 0.05) is 18.1 Å². The molecule has 0 aliphatic carbocycles. The average Bonchev–Trinajstić information content (AvgIpc) is 2.85. The summed E-state index contributed by atoms with van der Waals surface area (Å²) in [4.78, 5) is 22.9. The Morgan fingerprint density at radius 3 is 2.94 bits per heavy atom. The minimum absolute atomic E-state index is 0.101. The van der Waals surface area contributed by atoms with E-state index in [2.05, 4.69) is 20.3 Å². The van der Waals surface area contributed by atoms with Crippen LogP contribution >= 0.6 is 0 Å². The van der Waals surface area contributed by atoms with Gasteiger partial charge in [0.05, 0.1) is 24.3 Å². The molecule has 0 saturated carbocycles. The standard InChI is InChI=1S/C12H15N5O/c1-8(12-14-4-5-15-12)17-11(18)6-10-3-2-9(13)7-16-10/h2-5,7-8H,6,13H2,1H3,(H,14,15)(H,17,18). The predicted octanol–water partition coefficient (Wildman–Crippen LogP) is 0.807. The van der Waals surface area contributed by atoms with Crippen LogP contribution in [0.3, 0.4) is 0 Å². The van der Waals surface area contributed by atoms with Crippen molar-refractivity contribution in [2.75, 3.05) is 5.73 Å². The second-order valence-electron chi connectivity index (χ2n) is 4.02. The smallest absolute Gasteiger partial charge is 0.226 e. The van der Waals surface area contributed by atoms with Crippen LogP contribution in [0.1, 0.15) is 24.5 Å². The second-order valence-corrected chi connectivity index (χ2v) is 4.02. The monoisotopic (exact) mass is 245 g/mol. The van der Waals surface area contributed by atoms with Crippen LogP contribution in [0, 0.1) is 0 Å². The summed E-state index contributed by atoms with van der Waals surface area (Å²) in [7, 11) is 0. The number of aromatic nitrogens is 3. The number of aromatic amines is 1. The number of imidazole rings is 1. The molecule has 2 aromatic heterocycles. The largest absolute Gasteiger partial charge is 0.397 e. The van der Waals surface area contributed by atoms with Gasteiger partial charge < -0.3 is 16.0 Å². The van der Waals surface area contributed by atoms with Gasteiger partial charge in [-0.1, -0.05) is 0 Å². The molecule has 4 N–H and O–H groups in total. The van der Waals surface area contributed by atoms with Crippen molar-refractivity contribution in [1.82, 2.24) is 20.3 Å². The molecular weight excluding hydrogens is 230 g/mol. The summed E-state index contributed by atoms with van der Waals surface area (Å²) in [6, 6.07) is 3.32. The Kier molecular flexibility index (Phi) is 3.57. The third kappa shape index (κ3) is 3.07. The quantitative estimate of drug-likeness (QED) is 0.742. The Bertz CT molecular complexity index is 506. The zero-order valence-electron chi connectivity index (χ0n) is 10.1.